The first kappa shape index (κ1) is 16.4. The summed E-state index contributed by atoms with van der Waals surface area (Å²) in [6.45, 7) is 11.4. The second kappa shape index (κ2) is 8.54. The van der Waals surface area contributed by atoms with E-state index in [0.29, 0.717) is 30.7 Å². The minimum Gasteiger partial charge on any atom is -0.356 e. The summed E-state index contributed by atoms with van der Waals surface area (Å²) >= 11 is 0. The van der Waals surface area contributed by atoms with E-state index in [9.17, 15) is 4.79 Å². The normalized spacial score (nSPS) is 21.8. The molecule has 0 bridgehead atoms. The average molecular weight is 269 g/mol. The van der Waals surface area contributed by atoms with Crippen molar-refractivity contribution in [2.24, 2.45) is 23.5 Å². The Hall–Kier alpha value is -0.610. The second-order valence-corrected chi connectivity index (χ2v) is 6.29. The lowest BCUT2D eigenvalue weighted by molar-refractivity contribution is -0.122. The minimum atomic E-state index is 0.172. The first-order valence-corrected chi connectivity index (χ1v) is 7.74. The molecule has 4 nitrogen and oxygen atoms in total. The molecule has 0 aromatic carbocycles. The van der Waals surface area contributed by atoms with Crippen LogP contribution in [0.5, 0.6) is 0 Å². The van der Waals surface area contributed by atoms with Crippen molar-refractivity contribution in [2.45, 2.75) is 40.0 Å². The fraction of sp³-hybridized carbons (Fsp3) is 0.933. The van der Waals surface area contributed by atoms with Gasteiger partial charge in [-0.3, -0.25) is 4.79 Å². The van der Waals surface area contributed by atoms with E-state index in [0.717, 1.165) is 26.1 Å². The zero-order valence-corrected chi connectivity index (χ0v) is 12.8. The third-order valence-corrected chi connectivity index (χ3v) is 4.02. The molecule has 0 aromatic heterocycles. The van der Waals surface area contributed by atoms with Crippen LogP contribution in [0.15, 0.2) is 0 Å². The molecule has 0 saturated carbocycles. The van der Waals surface area contributed by atoms with Crippen LogP contribution in [0.1, 0.15) is 40.0 Å². The zero-order valence-electron chi connectivity index (χ0n) is 12.8. The molecule has 1 saturated heterocycles. The molecule has 0 aromatic rings. The Morgan fingerprint density at radius 1 is 1.47 bits per heavy atom. The molecule has 1 aliphatic heterocycles. The first-order valence-electron chi connectivity index (χ1n) is 7.74. The van der Waals surface area contributed by atoms with Crippen molar-refractivity contribution in [1.29, 1.82) is 0 Å². The summed E-state index contributed by atoms with van der Waals surface area (Å²) in [4.78, 5) is 14.4. The van der Waals surface area contributed by atoms with Crippen molar-refractivity contribution < 1.29 is 4.79 Å². The average Bonchev–Trinajstić information content (AvgIpc) is 2.83. The largest absolute Gasteiger partial charge is 0.356 e. The van der Waals surface area contributed by atoms with Gasteiger partial charge in [-0.2, -0.15) is 0 Å². The van der Waals surface area contributed by atoms with Crippen LogP contribution in [-0.4, -0.2) is 43.5 Å². The standard InChI is InChI=1S/C15H31N3O/c1-4-18-6-5-13(11-18)10-17-15(19)8-14(9-16)7-12(2)3/h12-14H,4-11,16H2,1-3H3,(H,17,19). The SMILES string of the molecule is CCN1CCC(CNC(=O)CC(CN)CC(C)C)C1. The number of rotatable bonds is 8. The van der Waals surface area contributed by atoms with Gasteiger partial charge in [0.15, 0.2) is 0 Å². The van der Waals surface area contributed by atoms with Gasteiger partial charge in [0, 0.05) is 19.5 Å². The predicted molar refractivity (Wildman–Crippen MR) is 79.8 cm³/mol. The summed E-state index contributed by atoms with van der Waals surface area (Å²) < 4.78 is 0. The van der Waals surface area contributed by atoms with Crippen LogP contribution in [0.25, 0.3) is 0 Å². The van der Waals surface area contributed by atoms with Crippen LogP contribution in [0.2, 0.25) is 0 Å². The molecule has 1 aliphatic rings. The number of hydrogen-bond donors (Lipinski definition) is 2. The first-order chi connectivity index (χ1) is 9.05. The van der Waals surface area contributed by atoms with E-state index >= 15 is 0 Å². The molecule has 1 rings (SSSR count). The Morgan fingerprint density at radius 3 is 2.74 bits per heavy atom. The molecule has 2 atom stereocenters. The summed E-state index contributed by atoms with van der Waals surface area (Å²) in [7, 11) is 0. The molecule has 4 heteroatoms. The van der Waals surface area contributed by atoms with Crippen LogP contribution in [0.3, 0.4) is 0 Å². The molecule has 1 amide bonds. The lowest BCUT2D eigenvalue weighted by Crippen LogP contribution is -2.33. The minimum absolute atomic E-state index is 0.172. The van der Waals surface area contributed by atoms with Gasteiger partial charge in [-0.25, -0.2) is 0 Å². The summed E-state index contributed by atoms with van der Waals surface area (Å²) in [5, 5.41) is 3.09. The zero-order chi connectivity index (χ0) is 14.3. The second-order valence-electron chi connectivity index (χ2n) is 6.29. The Morgan fingerprint density at radius 2 is 2.21 bits per heavy atom. The molecule has 0 radical (unpaired) electrons. The van der Waals surface area contributed by atoms with Gasteiger partial charge in [0.05, 0.1) is 0 Å². The van der Waals surface area contributed by atoms with Gasteiger partial charge in [0.25, 0.3) is 0 Å². The predicted octanol–water partition coefficient (Wildman–Crippen LogP) is 1.46. The highest BCUT2D eigenvalue weighted by molar-refractivity contribution is 5.76. The number of amides is 1. The fourth-order valence-electron chi connectivity index (χ4n) is 2.89. The molecule has 2 unspecified atom stereocenters. The van der Waals surface area contributed by atoms with E-state index in [2.05, 4.69) is 31.0 Å². The van der Waals surface area contributed by atoms with Crippen molar-refractivity contribution in [2.75, 3.05) is 32.7 Å². The van der Waals surface area contributed by atoms with Crippen molar-refractivity contribution in [3.8, 4) is 0 Å². The summed E-state index contributed by atoms with van der Waals surface area (Å²) in [6, 6.07) is 0. The highest BCUT2D eigenvalue weighted by atomic mass is 16.1. The number of hydrogen-bond acceptors (Lipinski definition) is 3. The molecule has 0 spiro atoms. The molecule has 1 heterocycles. The van der Waals surface area contributed by atoms with E-state index in [1.807, 2.05) is 0 Å². The van der Waals surface area contributed by atoms with E-state index in [-0.39, 0.29) is 5.91 Å². The van der Waals surface area contributed by atoms with E-state index in [1.165, 1.54) is 13.0 Å². The number of carbonyl (C=O) groups is 1. The molecule has 19 heavy (non-hydrogen) atoms. The van der Waals surface area contributed by atoms with Crippen molar-refractivity contribution in [1.82, 2.24) is 10.2 Å². The highest BCUT2D eigenvalue weighted by Gasteiger charge is 2.22. The lowest BCUT2D eigenvalue weighted by atomic mass is 9.94. The van der Waals surface area contributed by atoms with Gasteiger partial charge < -0.3 is 16.0 Å². The fourth-order valence-corrected chi connectivity index (χ4v) is 2.89. The molecule has 0 aliphatic carbocycles. The van der Waals surface area contributed by atoms with Gasteiger partial charge in [-0.1, -0.05) is 20.8 Å². The van der Waals surface area contributed by atoms with E-state index < -0.39 is 0 Å². The van der Waals surface area contributed by atoms with E-state index in [4.69, 9.17) is 5.73 Å². The Labute approximate surface area is 118 Å². The lowest BCUT2D eigenvalue weighted by Gasteiger charge is -2.18. The monoisotopic (exact) mass is 269 g/mol. The topological polar surface area (TPSA) is 58.4 Å². The number of carbonyl (C=O) groups excluding carboxylic acids is 1. The maximum absolute atomic E-state index is 11.9. The Kier molecular flexibility index (Phi) is 7.39. The molecule has 1 fully saturated rings. The molecule has 112 valence electrons. The molecule has 3 N–H and O–H groups in total. The quantitative estimate of drug-likeness (QED) is 0.701. The van der Waals surface area contributed by atoms with Crippen molar-refractivity contribution >= 4 is 5.91 Å². The van der Waals surface area contributed by atoms with Gasteiger partial charge in [-0.15, -0.1) is 0 Å². The summed E-state index contributed by atoms with van der Waals surface area (Å²) in [5.74, 6) is 1.74. The number of nitrogens with two attached hydrogens (primary N) is 1. The van der Waals surface area contributed by atoms with Gasteiger partial charge in [-0.05, 0) is 50.2 Å². The third-order valence-electron chi connectivity index (χ3n) is 4.02. The highest BCUT2D eigenvalue weighted by Crippen LogP contribution is 2.16. The van der Waals surface area contributed by atoms with Crippen LogP contribution in [0.4, 0.5) is 0 Å². The maximum atomic E-state index is 11.9. The van der Waals surface area contributed by atoms with E-state index in [1.54, 1.807) is 0 Å². The van der Waals surface area contributed by atoms with Crippen molar-refractivity contribution in [3.05, 3.63) is 0 Å². The Bertz CT molecular complexity index is 268. The van der Waals surface area contributed by atoms with Gasteiger partial charge in [0.2, 0.25) is 5.91 Å². The molecular formula is C15H31N3O. The summed E-state index contributed by atoms with van der Waals surface area (Å²) in [6.07, 6.45) is 2.83. The number of likely N-dealkylation sites (tertiary alicyclic amines) is 1. The molecular weight excluding hydrogens is 238 g/mol. The van der Waals surface area contributed by atoms with Crippen LogP contribution in [-0.2, 0) is 4.79 Å². The van der Waals surface area contributed by atoms with Crippen LogP contribution < -0.4 is 11.1 Å². The number of nitrogens with zero attached hydrogens (tertiary/aromatic N) is 1. The maximum Gasteiger partial charge on any atom is 0.220 e. The number of nitrogens with one attached hydrogen (secondary N) is 1. The van der Waals surface area contributed by atoms with Crippen molar-refractivity contribution in [3.63, 3.8) is 0 Å². The van der Waals surface area contributed by atoms with Gasteiger partial charge in [0.1, 0.15) is 0 Å². The smallest absolute Gasteiger partial charge is 0.220 e. The summed E-state index contributed by atoms with van der Waals surface area (Å²) in [5.41, 5.74) is 5.74. The van der Waals surface area contributed by atoms with Crippen LogP contribution >= 0.6 is 0 Å². The van der Waals surface area contributed by atoms with Gasteiger partial charge >= 0.3 is 0 Å². The van der Waals surface area contributed by atoms with Crippen LogP contribution in [0, 0.1) is 17.8 Å². The third kappa shape index (κ3) is 6.39. The Balaban J connectivity index is 2.20.